The Morgan fingerprint density at radius 2 is 2.43 bits per heavy atom. The third kappa shape index (κ3) is 2.17. The van der Waals surface area contributed by atoms with Crippen LogP contribution < -0.4 is 5.69 Å². The Morgan fingerprint density at radius 1 is 1.71 bits per heavy atom. The summed E-state index contributed by atoms with van der Waals surface area (Å²) in [5, 5.41) is 15.4. The number of nitrogens with zero attached hydrogens (tertiary/aromatic N) is 3. The minimum atomic E-state index is -0.220. The Balaban J connectivity index is 2.87. The normalized spacial score (nSPS) is 12.4. The van der Waals surface area contributed by atoms with Gasteiger partial charge in [-0.1, -0.05) is 18.7 Å². The molecule has 0 bridgehead atoms. The van der Waals surface area contributed by atoms with Gasteiger partial charge in [0.2, 0.25) is 0 Å². The molecule has 0 amide bonds. The zero-order valence-corrected chi connectivity index (χ0v) is 8.97. The van der Waals surface area contributed by atoms with Crippen LogP contribution in [0.5, 0.6) is 0 Å². The van der Waals surface area contributed by atoms with E-state index in [9.17, 15) is 4.79 Å². The number of thioether (sulfide) groups is 1. The SMILES string of the molecule is CCC(C#N)Sc1n[nH]c(=O)n1CC. The van der Waals surface area contributed by atoms with Gasteiger partial charge in [-0.3, -0.25) is 4.57 Å². The second kappa shape index (κ2) is 4.86. The van der Waals surface area contributed by atoms with Gasteiger partial charge in [-0.25, -0.2) is 9.89 Å². The Labute approximate surface area is 86.1 Å². The van der Waals surface area contributed by atoms with E-state index in [2.05, 4.69) is 16.3 Å². The van der Waals surface area contributed by atoms with Crippen molar-refractivity contribution in [3.8, 4) is 6.07 Å². The van der Waals surface area contributed by atoms with E-state index in [-0.39, 0.29) is 10.9 Å². The van der Waals surface area contributed by atoms with E-state index in [1.807, 2.05) is 13.8 Å². The third-order valence-corrected chi connectivity index (χ3v) is 3.05. The lowest BCUT2D eigenvalue weighted by molar-refractivity contribution is 0.659. The number of hydrogen-bond donors (Lipinski definition) is 1. The van der Waals surface area contributed by atoms with E-state index in [4.69, 9.17) is 5.26 Å². The van der Waals surface area contributed by atoms with Crippen molar-refractivity contribution >= 4 is 11.8 Å². The van der Waals surface area contributed by atoms with E-state index in [1.165, 1.54) is 16.3 Å². The van der Waals surface area contributed by atoms with Crippen LogP contribution in [0.4, 0.5) is 0 Å². The van der Waals surface area contributed by atoms with Gasteiger partial charge in [0.25, 0.3) is 0 Å². The lowest BCUT2D eigenvalue weighted by Crippen LogP contribution is -2.16. The van der Waals surface area contributed by atoms with Crippen LogP contribution in [0.15, 0.2) is 9.95 Å². The summed E-state index contributed by atoms with van der Waals surface area (Å²) in [6.45, 7) is 4.37. The molecule has 1 unspecified atom stereocenters. The molecule has 0 saturated heterocycles. The summed E-state index contributed by atoms with van der Waals surface area (Å²) < 4.78 is 1.52. The number of nitriles is 1. The highest BCUT2D eigenvalue weighted by atomic mass is 32.2. The van der Waals surface area contributed by atoms with E-state index < -0.39 is 0 Å². The molecular formula is C8H12N4OS. The maximum Gasteiger partial charge on any atom is 0.343 e. The summed E-state index contributed by atoms with van der Waals surface area (Å²) in [5.41, 5.74) is -0.220. The van der Waals surface area contributed by atoms with Crippen LogP contribution in [0, 0.1) is 11.3 Å². The van der Waals surface area contributed by atoms with Gasteiger partial charge >= 0.3 is 5.69 Å². The van der Waals surface area contributed by atoms with Gasteiger partial charge in [-0.2, -0.15) is 5.26 Å². The molecule has 1 N–H and O–H groups in total. The zero-order valence-electron chi connectivity index (χ0n) is 8.15. The largest absolute Gasteiger partial charge is 0.343 e. The van der Waals surface area contributed by atoms with E-state index in [1.54, 1.807) is 0 Å². The second-order valence-electron chi connectivity index (χ2n) is 2.70. The number of hydrogen-bond acceptors (Lipinski definition) is 4. The molecule has 6 heteroatoms. The molecule has 0 spiro atoms. The van der Waals surface area contributed by atoms with Gasteiger partial charge in [0.05, 0.1) is 11.3 Å². The average Bonchev–Trinajstić information content (AvgIpc) is 2.55. The fourth-order valence-electron chi connectivity index (χ4n) is 1.00. The van der Waals surface area contributed by atoms with Gasteiger partial charge < -0.3 is 0 Å². The number of rotatable bonds is 4. The molecule has 5 nitrogen and oxygen atoms in total. The second-order valence-corrected chi connectivity index (χ2v) is 3.87. The average molecular weight is 212 g/mol. The number of H-pyrrole nitrogens is 1. The number of aromatic amines is 1. The molecule has 0 radical (unpaired) electrons. The van der Waals surface area contributed by atoms with Crippen molar-refractivity contribution in [1.29, 1.82) is 5.26 Å². The molecule has 1 aromatic heterocycles. The smallest absolute Gasteiger partial charge is 0.270 e. The molecule has 0 fully saturated rings. The van der Waals surface area contributed by atoms with Crippen LogP contribution in [0.1, 0.15) is 20.3 Å². The first-order valence-electron chi connectivity index (χ1n) is 4.44. The first-order valence-corrected chi connectivity index (χ1v) is 5.32. The Kier molecular flexibility index (Phi) is 3.77. The molecule has 0 aliphatic carbocycles. The van der Waals surface area contributed by atoms with Gasteiger partial charge in [0.1, 0.15) is 0 Å². The van der Waals surface area contributed by atoms with Crippen molar-refractivity contribution in [3.05, 3.63) is 10.5 Å². The van der Waals surface area contributed by atoms with Crippen LogP contribution in [-0.4, -0.2) is 20.0 Å². The standard InChI is InChI=1S/C8H12N4OS/c1-3-6(5-9)14-8-11-10-7(13)12(8)4-2/h6H,3-4H2,1-2H3,(H,10,13). The van der Waals surface area contributed by atoms with Crippen molar-refractivity contribution in [2.24, 2.45) is 0 Å². The molecule has 76 valence electrons. The first-order chi connectivity index (χ1) is 6.72. The maximum absolute atomic E-state index is 11.2. The fraction of sp³-hybridized carbons (Fsp3) is 0.625. The summed E-state index contributed by atoms with van der Waals surface area (Å²) in [5.74, 6) is 0. The lowest BCUT2D eigenvalue weighted by atomic mass is 10.4. The molecule has 1 atom stereocenters. The minimum Gasteiger partial charge on any atom is -0.270 e. The monoisotopic (exact) mass is 212 g/mol. The van der Waals surface area contributed by atoms with Crippen LogP contribution in [0.25, 0.3) is 0 Å². The summed E-state index contributed by atoms with van der Waals surface area (Å²) in [6, 6.07) is 2.15. The Bertz CT molecular complexity index is 389. The molecule has 0 aliphatic heterocycles. The summed E-state index contributed by atoms with van der Waals surface area (Å²) in [6.07, 6.45) is 0.742. The van der Waals surface area contributed by atoms with Crippen LogP contribution in [-0.2, 0) is 6.54 Å². The first kappa shape index (κ1) is 10.9. The topological polar surface area (TPSA) is 74.5 Å². The third-order valence-electron chi connectivity index (χ3n) is 1.80. The van der Waals surface area contributed by atoms with Gasteiger partial charge in [-0.15, -0.1) is 5.10 Å². The maximum atomic E-state index is 11.2. The Hall–Kier alpha value is -1.22. The molecule has 1 heterocycles. The Morgan fingerprint density at radius 3 is 2.93 bits per heavy atom. The number of aromatic nitrogens is 3. The van der Waals surface area contributed by atoms with Crippen LogP contribution in [0.2, 0.25) is 0 Å². The predicted octanol–water partition coefficient (Wildman–Crippen LogP) is 0.986. The lowest BCUT2D eigenvalue weighted by Gasteiger charge is -2.04. The van der Waals surface area contributed by atoms with Crippen molar-refractivity contribution in [2.75, 3.05) is 0 Å². The molecule has 0 aromatic carbocycles. The molecular weight excluding hydrogens is 200 g/mol. The molecule has 1 aromatic rings. The zero-order chi connectivity index (χ0) is 10.6. The summed E-state index contributed by atoms with van der Waals surface area (Å²) >= 11 is 1.32. The van der Waals surface area contributed by atoms with E-state index in [0.717, 1.165) is 6.42 Å². The van der Waals surface area contributed by atoms with E-state index >= 15 is 0 Å². The van der Waals surface area contributed by atoms with Crippen molar-refractivity contribution < 1.29 is 0 Å². The van der Waals surface area contributed by atoms with Crippen molar-refractivity contribution in [3.63, 3.8) is 0 Å². The van der Waals surface area contributed by atoms with Crippen LogP contribution in [0.3, 0.4) is 0 Å². The summed E-state index contributed by atoms with van der Waals surface area (Å²) in [4.78, 5) is 11.2. The molecule has 0 saturated carbocycles. The number of nitrogens with one attached hydrogen (secondary N) is 1. The minimum absolute atomic E-state index is 0.143. The van der Waals surface area contributed by atoms with Crippen LogP contribution >= 0.6 is 11.8 Å². The highest BCUT2D eigenvalue weighted by molar-refractivity contribution is 8.00. The van der Waals surface area contributed by atoms with Gasteiger partial charge in [0.15, 0.2) is 5.16 Å². The fourth-order valence-corrected chi connectivity index (χ4v) is 1.91. The van der Waals surface area contributed by atoms with Gasteiger partial charge in [-0.05, 0) is 13.3 Å². The predicted molar refractivity (Wildman–Crippen MR) is 54.1 cm³/mol. The van der Waals surface area contributed by atoms with Crippen molar-refractivity contribution in [1.82, 2.24) is 14.8 Å². The molecule has 0 aliphatic rings. The highest BCUT2D eigenvalue weighted by Crippen LogP contribution is 2.21. The summed E-state index contributed by atoms with van der Waals surface area (Å²) in [7, 11) is 0. The van der Waals surface area contributed by atoms with Crippen molar-refractivity contribution in [2.45, 2.75) is 37.2 Å². The molecule has 14 heavy (non-hydrogen) atoms. The van der Waals surface area contributed by atoms with E-state index in [0.29, 0.717) is 11.7 Å². The quantitative estimate of drug-likeness (QED) is 0.755. The molecule has 1 rings (SSSR count). The highest BCUT2D eigenvalue weighted by Gasteiger charge is 2.13. The van der Waals surface area contributed by atoms with Gasteiger partial charge in [0, 0.05) is 6.54 Å².